The summed E-state index contributed by atoms with van der Waals surface area (Å²) in [6.07, 6.45) is 7.60. The molecule has 0 heterocycles. The van der Waals surface area contributed by atoms with Crippen molar-refractivity contribution in [3.8, 4) is 11.5 Å². The molecule has 0 saturated carbocycles. The van der Waals surface area contributed by atoms with Crippen LogP contribution in [0.4, 0.5) is 4.39 Å². The Morgan fingerprint density at radius 3 is 2.24 bits per heavy atom. The van der Waals surface area contributed by atoms with Gasteiger partial charge in [-0.05, 0) is 95.2 Å². The first-order valence-corrected chi connectivity index (χ1v) is 12.3. The van der Waals surface area contributed by atoms with E-state index in [1.165, 1.54) is 18.2 Å². The van der Waals surface area contributed by atoms with Gasteiger partial charge in [0.1, 0.15) is 28.5 Å². The second-order valence-electron chi connectivity index (χ2n) is 9.83. The van der Waals surface area contributed by atoms with Crippen LogP contribution in [0.2, 0.25) is 0 Å². The van der Waals surface area contributed by atoms with E-state index in [-0.39, 0.29) is 22.9 Å². The minimum atomic E-state index is -0.291. The average Bonchev–Trinajstić information content (AvgIpc) is 2.79. The summed E-state index contributed by atoms with van der Waals surface area (Å²) in [7, 11) is 0. The number of carbonyl (C=O) groups is 1. The van der Waals surface area contributed by atoms with Gasteiger partial charge < -0.3 is 14.8 Å². The van der Waals surface area contributed by atoms with Crippen LogP contribution in [0, 0.1) is 5.82 Å². The average molecular weight is 470 g/mol. The fraction of sp³-hybridized carbons (Fsp3) is 0.483. The summed E-state index contributed by atoms with van der Waals surface area (Å²) in [6.45, 7) is 13.2. The van der Waals surface area contributed by atoms with Gasteiger partial charge in [0.15, 0.2) is 0 Å². The lowest BCUT2D eigenvalue weighted by molar-refractivity contribution is -0.116. The maximum atomic E-state index is 13.0. The quantitative estimate of drug-likeness (QED) is 0.251. The number of benzene rings is 2. The van der Waals surface area contributed by atoms with Gasteiger partial charge in [-0.3, -0.25) is 4.79 Å². The first-order valence-electron chi connectivity index (χ1n) is 12.3. The van der Waals surface area contributed by atoms with Gasteiger partial charge in [-0.2, -0.15) is 0 Å². The molecule has 0 aliphatic heterocycles. The molecule has 1 amide bonds. The Kier molecular flexibility index (Phi) is 10.2. The molecule has 2 rings (SSSR count). The topological polar surface area (TPSA) is 47.6 Å². The molecule has 2 aromatic rings. The molecule has 5 heteroatoms. The van der Waals surface area contributed by atoms with E-state index in [0.29, 0.717) is 6.54 Å². The SMILES string of the molecule is CCC(C)(C)Oc1ccc(CCCCNC(=O)C=Cc2ccc(F)cc2)c(OC(C)(C)CC)c1. The molecule has 0 aliphatic carbocycles. The summed E-state index contributed by atoms with van der Waals surface area (Å²) in [5, 5.41) is 2.90. The van der Waals surface area contributed by atoms with Crippen molar-refractivity contribution in [1.29, 1.82) is 0 Å². The number of halogens is 1. The third-order valence-corrected chi connectivity index (χ3v) is 5.99. The van der Waals surface area contributed by atoms with Crippen LogP contribution in [0.5, 0.6) is 11.5 Å². The maximum Gasteiger partial charge on any atom is 0.243 e. The predicted molar refractivity (Wildman–Crippen MR) is 138 cm³/mol. The first kappa shape index (κ1) is 27.4. The lowest BCUT2D eigenvalue weighted by Crippen LogP contribution is -2.28. The lowest BCUT2D eigenvalue weighted by atomic mass is 10.0. The number of rotatable bonds is 13. The smallest absolute Gasteiger partial charge is 0.243 e. The van der Waals surface area contributed by atoms with E-state index in [4.69, 9.17) is 9.47 Å². The van der Waals surface area contributed by atoms with Gasteiger partial charge in [0, 0.05) is 18.7 Å². The van der Waals surface area contributed by atoms with Crippen LogP contribution in [-0.4, -0.2) is 23.7 Å². The number of hydrogen-bond acceptors (Lipinski definition) is 3. The minimum absolute atomic E-state index is 0.155. The molecule has 1 N–H and O–H groups in total. The van der Waals surface area contributed by atoms with E-state index in [9.17, 15) is 9.18 Å². The number of ether oxygens (including phenoxy) is 2. The van der Waals surface area contributed by atoms with Gasteiger partial charge in [-0.1, -0.05) is 32.0 Å². The minimum Gasteiger partial charge on any atom is -0.488 e. The van der Waals surface area contributed by atoms with E-state index >= 15 is 0 Å². The molecule has 0 saturated heterocycles. The zero-order valence-electron chi connectivity index (χ0n) is 21.5. The Morgan fingerprint density at radius 2 is 1.59 bits per heavy atom. The summed E-state index contributed by atoms with van der Waals surface area (Å²) in [5.41, 5.74) is 1.43. The fourth-order valence-electron chi connectivity index (χ4n) is 3.12. The van der Waals surface area contributed by atoms with Gasteiger partial charge in [0.25, 0.3) is 0 Å². The molecule has 0 fully saturated rings. The Balaban J connectivity index is 1.90. The number of unbranched alkanes of at least 4 members (excludes halogenated alkanes) is 1. The van der Waals surface area contributed by atoms with E-state index in [1.54, 1.807) is 18.2 Å². The van der Waals surface area contributed by atoms with Crippen LogP contribution < -0.4 is 14.8 Å². The van der Waals surface area contributed by atoms with Crippen LogP contribution in [0.15, 0.2) is 48.5 Å². The van der Waals surface area contributed by atoms with Crippen molar-refractivity contribution in [3.05, 3.63) is 65.5 Å². The summed E-state index contributed by atoms with van der Waals surface area (Å²) < 4.78 is 25.5. The van der Waals surface area contributed by atoms with Gasteiger partial charge >= 0.3 is 0 Å². The Labute approximate surface area is 204 Å². The Bertz CT molecular complexity index is 948. The Hall–Kier alpha value is -2.82. The second kappa shape index (κ2) is 12.6. The van der Waals surface area contributed by atoms with Gasteiger partial charge in [0.2, 0.25) is 5.91 Å². The summed E-state index contributed by atoms with van der Waals surface area (Å²) in [5.74, 6) is 1.23. The Morgan fingerprint density at radius 1 is 0.941 bits per heavy atom. The molecule has 0 unspecified atom stereocenters. The van der Waals surface area contributed by atoms with Crippen LogP contribution in [-0.2, 0) is 11.2 Å². The molecule has 0 aromatic heterocycles. The van der Waals surface area contributed by atoms with Crippen molar-refractivity contribution in [2.75, 3.05) is 6.54 Å². The molecule has 0 bridgehead atoms. The normalized spacial score (nSPS) is 12.1. The van der Waals surface area contributed by atoms with Crippen LogP contribution in [0.3, 0.4) is 0 Å². The number of amides is 1. The zero-order valence-corrected chi connectivity index (χ0v) is 21.5. The number of hydrogen-bond donors (Lipinski definition) is 1. The molecule has 186 valence electrons. The molecule has 0 atom stereocenters. The third-order valence-electron chi connectivity index (χ3n) is 5.99. The highest BCUT2D eigenvalue weighted by atomic mass is 19.1. The van der Waals surface area contributed by atoms with Crippen LogP contribution >= 0.6 is 0 Å². The van der Waals surface area contributed by atoms with Crippen LogP contribution in [0.1, 0.15) is 78.4 Å². The fourth-order valence-corrected chi connectivity index (χ4v) is 3.12. The molecule has 0 radical (unpaired) electrons. The number of carbonyl (C=O) groups excluding carboxylic acids is 1. The number of nitrogens with one attached hydrogen (secondary N) is 1. The largest absolute Gasteiger partial charge is 0.488 e. The van der Waals surface area contributed by atoms with Crippen molar-refractivity contribution in [1.82, 2.24) is 5.32 Å². The van der Waals surface area contributed by atoms with Crippen molar-refractivity contribution in [3.63, 3.8) is 0 Å². The molecule has 0 aliphatic rings. The zero-order chi connectivity index (χ0) is 25.2. The van der Waals surface area contributed by atoms with Gasteiger partial charge in [-0.15, -0.1) is 0 Å². The molecule has 2 aromatic carbocycles. The van der Waals surface area contributed by atoms with Crippen molar-refractivity contribution >= 4 is 12.0 Å². The predicted octanol–water partition coefficient (Wildman–Crippen LogP) is 7.11. The first-order chi connectivity index (χ1) is 16.0. The van der Waals surface area contributed by atoms with Crippen LogP contribution in [0.25, 0.3) is 6.08 Å². The number of aryl methyl sites for hydroxylation is 1. The molecular formula is C29H40FNO3. The molecule has 34 heavy (non-hydrogen) atoms. The summed E-state index contributed by atoms with van der Waals surface area (Å²) in [6, 6.07) is 12.1. The van der Waals surface area contributed by atoms with Gasteiger partial charge in [0.05, 0.1) is 0 Å². The molecule has 0 spiro atoms. The maximum absolute atomic E-state index is 13.0. The third kappa shape index (κ3) is 9.58. The monoisotopic (exact) mass is 469 g/mol. The van der Waals surface area contributed by atoms with E-state index in [2.05, 4.69) is 52.9 Å². The van der Waals surface area contributed by atoms with Crippen molar-refractivity contribution in [2.45, 2.75) is 84.8 Å². The highest BCUT2D eigenvalue weighted by molar-refractivity contribution is 5.91. The molecular weight excluding hydrogens is 429 g/mol. The van der Waals surface area contributed by atoms with Gasteiger partial charge in [-0.25, -0.2) is 4.39 Å². The summed E-state index contributed by atoms with van der Waals surface area (Å²) >= 11 is 0. The lowest BCUT2D eigenvalue weighted by Gasteiger charge is -2.29. The standard InChI is InChI=1S/C29H40FNO3/c1-7-28(3,4)33-25-18-15-23(26(21-25)34-29(5,6)8-2)11-9-10-20-31-27(32)19-14-22-12-16-24(30)17-13-22/h12-19,21H,7-11,20H2,1-6H3,(H,31,32). The highest BCUT2D eigenvalue weighted by Gasteiger charge is 2.21. The van der Waals surface area contributed by atoms with Crippen molar-refractivity contribution < 1.29 is 18.7 Å². The van der Waals surface area contributed by atoms with Crippen molar-refractivity contribution in [2.24, 2.45) is 0 Å². The van der Waals surface area contributed by atoms with E-state index in [1.807, 2.05) is 12.1 Å². The highest BCUT2D eigenvalue weighted by Crippen LogP contribution is 2.32. The van der Waals surface area contributed by atoms with E-state index in [0.717, 1.165) is 54.7 Å². The van der Waals surface area contributed by atoms with E-state index < -0.39 is 0 Å². The summed E-state index contributed by atoms with van der Waals surface area (Å²) in [4.78, 5) is 12.0. The second-order valence-corrected chi connectivity index (χ2v) is 9.83. The molecule has 4 nitrogen and oxygen atoms in total.